The van der Waals surface area contributed by atoms with Gasteiger partial charge in [-0.2, -0.15) is 0 Å². The molecule has 0 radical (unpaired) electrons. The number of carbonyl (C=O) groups is 1. The van der Waals surface area contributed by atoms with E-state index in [1.165, 1.54) is 0 Å². The highest BCUT2D eigenvalue weighted by Crippen LogP contribution is 2.28. The molecule has 8 nitrogen and oxygen atoms in total. The first kappa shape index (κ1) is 19.0. The molecule has 1 saturated heterocycles. The third-order valence-electron chi connectivity index (χ3n) is 5.05. The van der Waals surface area contributed by atoms with Crippen molar-refractivity contribution in [2.24, 2.45) is 0 Å². The normalized spacial score (nSPS) is 16.6. The molecule has 4 heterocycles. The number of piperidine rings is 1. The Balaban J connectivity index is 1.49. The fourth-order valence-electron chi connectivity index (χ4n) is 3.59. The largest absolute Gasteiger partial charge is 0.435 e. The van der Waals surface area contributed by atoms with E-state index in [9.17, 15) is 4.79 Å². The monoisotopic (exact) mass is 392 g/mol. The van der Waals surface area contributed by atoms with Gasteiger partial charge in [-0.25, -0.2) is 15.0 Å². The number of hydrogen-bond acceptors (Lipinski definition) is 7. The van der Waals surface area contributed by atoms with Gasteiger partial charge in [0.15, 0.2) is 5.89 Å². The average molecular weight is 392 g/mol. The predicted octanol–water partition coefficient (Wildman–Crippen LogP) is 3.49. The second kappa shape index (κ2) is 8.38. The maximum Gasteiger partial charge on any atom is 0.291 e. The van der Waals surface area contributed by atoms with Crippen LogP contribution in [0.3, 0.4) is 0 Å². The maximum atomic E-state index is 13.0. The number of aromatic nitrogens is 4. The van der Waals surface area contributed by atoms with Gasteiger partial charge in [0.2, 0.25) is 5.76 Å². The van der Waals surface area contributed by atoms with Crippen LogP contribution < -0.4 is 5.32 Å². The molecule has 0 bridgehead atoms. The van der Waals surface area contributed by atoms with Crippen LogP contribution in [0.4, 0.5) is 11.6 Å². The van der Waals surface area contributed by atoms with Crippen molar-refractivity contribution in [2.45, 2.75) is 39.0 Å². The summed E-state index contributed by atoms with van der Waals surface area (Å²) in [7, 11) is 0. The lowest BCUT2D eigenvalue weighted by molar-refractivity contribution is 0.0671. The van der Waals surface area contributed by atoms with Gasteiger partial charge in [-0.15, -0.1) is 0 Å². The van der Waals surface area contributed by atoms with Crippen LogP contribution in [-0.2, 0) is 6.42 Å². The van der Waals surface area contributed by atoms with E-state index in [2.05, 4.69) is 20.3 Å². The van der Waals surface area contributed by atoms with Gasteiger partial charge in [0.05, 0.1) is 11.9 Å². The third kappa shape index (κ3) is 4.26. The van der Waals surface area contributed by atoms with E-state index in [1.54, 1.807) is 18.6 Å². The fraction of sp³-hybridized carbons (Fsp3) is 0.381. The fourth-order valence-corrected chi connectivity index (χ4v) is 3.59. The molecule has 0 spiro atoms. The lowest BCUT2D eigenvalue weighted by atomic mass is 9.94. The van der Waals surface area contributed by atoms with Crippen LogP contribution in [0.5, 0.6) is 0 Å². The molecule has 3 aromatic heterocycles. The molecule has 1 amide bonds. The summed E-state index contributed by atoms with van der Waals surface area (Å²) in [6, 6.07) is 5.87. The molecule has 1 unspecified atom stereocenters. The van der Waals surface area contributed by atoms with Gasteiger partial charge in [0.1, 0.15) is 11.6 Å². The summed E-state index contributed by atoms with van der Waals surface area (Å²) >= 11 is 0. The topological polar surface area (TPSA) is 97.0 Å². The van der Waals surface area contributed by atoms with Crippen LogP contribution in [0.2, 0.25) is 0 Å². The zero-order chi connectivity index (χ0) is 20.2. The van der Waals surface area contributed by atoms with Crippen molar-refractivity contribution in [3.8, 4) is 0 Å². The number of carbonyl (C=O) groups excluding carboxylic acids is 1. The Morgan fingerprint density at radius 2 is 2.17 bits per heavy atom. The van der Waals surface area contributed by atoms with E-state index in [0.717, 1.165) is 18.5 Å². The second-order valence-electron chi connectivity index (χ2n) is 7.13. The Morgan fingerprint density at radius 3 is 2.93 bits per heavy atom. The van der Waals surface area contributed by atoms with Gasteiger partial charge in [-0.1, -0.05) is 13.0 Å². The number of aryl methyl sites for hydroxylation is 2. The number of nitrogens with one attached hydrogen (secondary N) is 1. The number of nitrogens with zero attached hydrogens (tertiary/aromatic N) is 5. The Labute approximate surface area is 169 Å². The molecule has 1 N–H and O–H groups in total. The summed E-state index contributed by atoms with van der Waals surface area (Å²) in [5, 5.41) is 3.17. The molecule has 1 aliphatic heterocycles. The van der Waals surface area contributed by atoms with Crippen molar-refractivity contribution in [2.75, 3.05) is 18.4 Å². The number of hydrogen-bond donors (Lipinski definition) is 1. The van der Waals surface area contributed by atoms with Crippen LogP contribution in [0, 0.1) is 6.92 Å². The van der Waals surface area contributed by atoms with Crippen molar-refractivity contribution in [1.29, 1.82) is 0 Å². The molecule has 0 aromatic carbocycles. The van der Waals surface area contributed by atoms with Crippen molar-refractivity contribution >= 4 is 17.5 Å². The van der Waals surface area contributed by atoms with E-state index in [1.807, 2.05) is 36.9 Å². The number of pyridine rings is 1. The van der Waals surface area contributed by atoms with E-state index < -0.39 is 0 Å². The highest BCUT2D eigenvalue weighted by atomic mass is 16.4. The maximum absolute atomic E-state index is 13.0. The van der Waals surface area contributed by atoms with Gasteiger partial charge in [0, 0.05) is 43.5 Å². The van der Waals surface area contributed by atoms with E-state index in [4.69, 9.17) is 9.40 Å². The number of rotatable bonds is 5. The van der Waals surface area contributed by atoms with Crippen molar-refractivity contribution in [3.05, 3.63) is 59.8 Å². The molecule has 4 rings (SSSR count). The lowest BCUT2D eigenvalue weighted by Gasteiger charge is -2.32. The summed E-state index contributed by atoms with van der Waals surface area (Å²) < 4.78 is 5.66. The summed E-state index contributed by atoms with van der Waals surface area (Å²) in [6.07, 6.45) is 7.50. The lowest BCUT2D eigenvalue weighted by Crippen LogP contribution is -2.39. The second-order valence-corrected chi connectivity index (χ2v) is 7.13. The highest BCUT2D eigenvalue weighted by Gasteiger charge is 2.29. The minimum atomic E-state index is -0.0896. The van der Waals surface area contributed by atoms with Crippen LogP contribution >= 0.6 is 0 Å². The molecule has 3 aromatic rings. The summed E-state index contributed by atoms with van der Waals surface area (Å²) in [6.45, 7) is 5.11. The van der Waals surface area contributed by atoms with Crippen LogP contribution in [0.15, 0.2) is 41.2 Å². The van der Waals surface area contributed by atoms with Gasteiger partial charge >= 0.3 is 0 Å². The highest BCUT2D eigenvalue weighted by molar-refractivity contribution is 5.92. The number of amides is 1. The van der Waals surface area contributed by atoms with Gasteiger partial charge in [0.25, 0.3) is 5.91 Å². The molecule has 29 heavy (non-hydrogen) atoms. The molecule has 1 fully saturated rings. The minimum Gasteiger partial charge on any atom is -0.435 e. The van der Waals surface area contributed by atoms with Crippen molar-refractivity contribution in [3.63, 3.8) is 0 Å². The van der Waals surface area contributed by atoms with Crippen LogP contribution in [-0.4, -0.2) is 43.8 Å². The van der Waals surface area contributed by atoms with Gasteiger partial charge < -0.3 is 14.6 Å². The molecule has 1 atom stereocenters. The zero-order valence-corrected chi connectivity index (χ0v) is 16.6. The summed E-state index contributed by atoms with van der Waals surface area (Å²) in [5.74, 6) is 2.39. The number of anilines is 2. The molecular weight excluding hydrogens is 368 g/mol. The quantitative estimate of drug-likeness (QED) is 0.710. The van der Waals surface area contributed by atoms with Crippen LogP contribution in [0.1, 0.15) is 53.5 Å². The van der Waals surface area contributed by atoms with Crippen molar-refractivity contribution < 1.29 is 9.21 Å². The number of likely N-dealkylation sites (tertiary alicyclic amines) is 1. The van der Waals surface area contributed by atoms with Crippen LogP contribution in [0.25, 0.3) is 0 Å². The Kier molecular flexibility index (Phi) is 5.50. The van der Waals surface area contributed by atoms with E-state index in [0.29, 0.717) is 48.5 Å². The van der Waals surface area contributed by atoms with Gasteiger partial charge in [-0.3, -0.25) is 9.78 Å². The van der Waals surface area contributed by atoms with Gasteiger partial charge in [-0.05, 0) is 31.9 Å². The smallest absolute Gasteiger partial charge is 0.291 e. The summed E-state index contributed by atoms with van der Waals surface area (Å²) in [4.78, 5) is 32.2. The Morgan fingerprint density at radius 1 is 1.28 bits per heavy atom. The molecular formula is C21H24N6O2. The van der Waals surface area contributed by atoms with E-state index >= 15 is 0 Å². The average Bonchev–Trinajstić information content (AvgIpc) is 3.15. The first-order valence-electron chi connectivity index (χ1n) is 9.89. The Bertz CT molecular complexity index is 988. The molecule has 8 heteroatoms. The third-order valence-corrected chi connectivity index (χ3v) is 5.05. The van der Waals surface area contributed by atoms with E-state index in [-0.39, 0.29) is 11.8 Å². The molecule has 0 aliphatic carbocycles. The zero-order valence-electron chi connectivity index (χ0n) is 16.6. The molecule has 150 valence electrons. The van der Waals surface area contributed by atoms with Crippen molar-refractivity contribution in [1.82, 2.24) is 24.8 Å². The first-order chi connectivity index (χ1) is 14.1. The Hall–Kier alpha value is -3.29. The standard InChI is InChI=1S/C21H24N6O2/c1-3-19-24-14(2)20(29-19)21(28)27-11-5-6-15(13-27)16-7-4-8-17(25-16)26-18-12-22-9-10-23-18/h4,7-10,12,15H,3,5-6,11,13H2,1-2H3,(H,23,25,26). The summed E-state index contributed by atoms with van der Waals surface area (Å²) in [5.41, 5.74) is 1.61. The minimum absolute atomic E-state index is 0.0896. The predicted molar refractivity (Wildman–Crippen MR) is 108 cm³/mol. The first-order valence-corrected chi connectivity index (χ1v) is 9.89. The SMILES string of the molecule is CCc1nc(C)c(C(=O)N2CCCC(c3cccc(Nc4cnccn4)n3)C2)o1. The molecule has 0 saturated carbocycles. The molecule has 1 aliphatic rings. The number of oxazole rings is 1.